The highest BCUT2D eigenvalue weighted by atomic mass is 31.0. The molecule has 0 saturated carbocycles. The van der Waals surface area contributed by atoms with E-state index >= 15 is 0 Å². The normalized spacial score (nSPS) is 16.5. The Morgan fingerprint density at radius 3 is 2.88 bits per heavy atom. The van der Waals surface area contributed by atoms with Crippen LogP contribution in [0.5, 0.6) is 11.5 Å². The number of nitrogens with one attached hydrogen (secondary N) is 4. The van der Waals surface area contributed by atoms with Gasteiger partial charge in [-0.05, 0) is 74.4 Å². The zero-order chi connectivity index (χ0) is 28.2. The molecule has 3 aromatic rings. The van der Waals surface area contributed by atoms with Gasteiger partial charge in [0.25, 0.3) is 5.91 Å². The van der Waals surface area contributed by atoms with E-state index in [1.165, 1.54) is 12.1 Å². The fourth-order valence-corrected chi connectivity index (χ4v) is 5.22. The maximum Gasteiger partial charge on any atom is 0.350 e. The average Bonchev–Trinajstić information content (AvgIpc) is 3.16. The number of carbonyl (C=O) groups is 1. The number of amides is 1. The first-order valence-corrected chi connectivity index (χ1v) is 13.7. The van der Waals surface area contributed by atoms with Crippen molar-refractivity contribution in [2.45, 2.75) is 31.7 Å². The molecule has 0 bridgehead atoms. The number of hydrogen-bond acceptors (Lipinski definition) is 7. The minimum atomic E-state index is -0.530. The maximum absolute atomic E-state index is 14.2. The lowest BCUT2D eigenvalue weighted by Gasteiger charge is -2.24. The quantitative estimate of drug-likeness (QED) is 0.0992. The first-order chi connectivity index (χ1) is 19.3. The van der Waals surface area contributed by atoms with Crippen LogP contribution < -0.4 is 37.4 Å². The lowest BCUT2D eigenvalue weighted by Crippen LogP contribution is -2.34. The van der Waals surface area contributed by atoms with Gasteiger partial charge in [0.05, 0.1) is 17.6 Å². The van der Waals surface area contributed by atoms with E-state index in [0.29, 0.717) is 34.6 Å². The van der Waals surface area contributed by atoms with Crippen molar-refractivity contribution in [1.29, 1.82) is 5.41 Å². The summed E-state index contributed by atoms with van der Waals surface area (Å²) in [5.74, 6) is 0.169. The van der Waals surface area contributed by atoms with Gasteiger partial charge in [0, 0.05) is 24.7 Å². The standard InChI is InChI=1S/C27H32FN8O3P/c28-19-14-18(40)5-6-20(19)33-25(37)16-4-7-22-21(13-16)32-24-23(39-22)15-36(27(38)34-24)17-3-1-10-35(12-8-17)11-2-9-31-26(29)30/h4-7,13-15,17H,1-3,8-12,40H2,(H,33,37)(H4,29,30,31)(H,32,34,38). The SMILES string of the molecule is N=C(N)NCCCN1CCCC(n2cc3c(nc2=O)Nc2cc(C(=O)Nc4ccc(P)cc4F)ccc2O3)CC1. The maximum atomic E-state index is 14.2. The van der Waals surface area contributed by atoms with E-state index in [0.717, 1.165) is 45.3 Å². The number of benzene rings is 2. The second-order valence-corrected chi connectivity index (χ2v) is 10.6. The molecule has 3 heterocycles. The highest BCUT2D eigenvalue weighted by Crippen LogP contribution is 2.41. The molecular weight excluding hydrogens is 534 g/mol. The summed E-state index contributed by atoms with van der Waals surface area (Å²) in [6, 6.07) is 9.33. The second-order valence-electron chi connectivity index (χ2n) is 9.90. The van der Waals surface area contributed by atoms with Gasteiger partial charge in [0.15, 0.2) is 23.3 Å². The highest BCUT2D eigenvalue weighted by Gasteiger charge is 2.25. The van der Waals surface area contributed by atoms with Gasteiger partial charge in [-0.2, -0.15) is 4.98 Å². The molecule has 2 aliphatic rings. The summed E-state index contributed by atoms with van der Waals surface area (Å²) in [4.78, 5) is 32.4. The average molecular weight is 567 g/mol. The van der Waals surface area contributed by atoms with Gasteiger partial charge in [-0.15, -0.1) is 9.24 Å². The molecule has 6 N–H and O–H groups in total. The largest absolute Gasteiger partial charge is 0.450 e. The van der Waals surface area contributed by atoms with Crippen molar-refractivity contribution in [2.75, 3.05) is 36.8 Å². The van der Waals surface area contributed by atoms with E-state index in [1.54, 1.807) is 35.0 Å². The Bertz CT molecular complexity index is 1500. The molecule has 0 aliphatic carbocycles. The van der Waals surface area contributed by atoms with E-state index in [1.807, 2.05) is 0 Å². The lowest BCUT2D eigenvalue weighted by molar-refractivity contribution is 0.102. The summed E-state index contributed by atoms with van der Waals surface area (Å²) in [6.45, 7) is 3.35. The van der Waals surface area contributed by atoms with E-state index in [4.69, 9.17) is 15.9 Å². The molecule has 11 nitrogen and oxygen atoms in total. The van der Waals surface area contributed by atoms with Gasteiger partial charge < -0.3 is 31.3 Å². The van der Waals surface area contributed by atoms with Crippen LogP contribution in [0, 0.1) is 11.2 Å². The third-order valence-corrected chi connectivity index (χ3v) is 7.38. The number of guanidine groups is 1. The summed E-state index contributed by atoms with van der Waals surface area (Å²) < 4.78 is 21.9. The molecule has 2 unspecified atom stereocenters. The molecule has 0 spiro atoms. The molecular formula is C27H32FN8O3P. The number of likely N-dealkylation sites (tertiary alicyclic amines) is 1. The molecule has 0 radical (unpaired) electrons. The molecule has 5 rings (SSSR count). The van der Waals surface area contributed by atoms with Crippen molar-refractivity contribution < 1.29 is 13.9 Å². The van der Waals surface area contributed by atoms with E-state index in [2.05, 4.69) is 35.1 Å². The fraction of sp³-hybridized carbons (Fsp3) is 0.333. The van der Waals surface area contributed by atoms with Crippen LogP contribution >= 0.6 is 9.24 Å². The van der Waals surface area contributed by atoms with Crippen LogP contribution in [0.4, 0.5) is 21.6 Å². The van der Waals surface area contributed by atoms with Gasteiger partial charge >= 0.3 is 5.69 Å². The number of nitrogens with two attached hydrogens (primary N) is 1. The first-order valence-electron chi connectivity index (χ1n) is 13.2. The molecule has 1 saturated heterocycles. The van der Waals surface area contributed by atoms with Crippen molar-refractivity contribution in [3.63, 3.8) is 0 Å². The smallest absolute Gasteiger partial charge is 0.350 e. The lowest BCUT2D eigenvalue weighted by atomic mass is 10.1. The monoisotopic (exact) mass is 566 g/mol. The molecule has 2 aromatic carbocycles. The summed E-state index contributed by atoms with van der Waals surface area (Å²) in [5, 5.41) is 16.4. The number of anilines is 3. The van der Waals surface area contributed by atoms with Crippen molar-refractivity contribution in [1.82, 2.24) is 19.8 Å². The molecule has 1 amide bonds. The second kappa shape index (κ2) is 12.0. The Kier molecular flexibility index (Phi) is 8.27. The van der Waals surface area contributed by atoms with Crippen LogP contribution in [0.25, 0.3) is 0 Å². The van der Waals surface area contributed by atoms with Crippen LogP contribution in [0.2, 0.25) is 0 Å². The number of fused-ring (bicyclic) bond motifs is 2. The number of hydrogen-bond donors (Lipinski definition) is 5. The number of ether oxygens (including phenoxy) is 1. The van der Waals surface area contributed by atoms with Crippen LogP contribution in [-0.4, -0.2) is 52.5 Å². The third-order valence-electron chi connectivity index (χ3n) is 7.02. The summed E-state index contributed by atoms with van der Waals surface area (Å²) >= 11 is 0. The Morgan fingerprint density at radius 2 is 2.08 bits per heavy atom. The van der Waals surface area contributed by atoms with Crippen LogP contribution in [0.1, 0.15) is 42.1 Å². The Balaban J connectivity index is 1.25. The van der Waals surface area contributed by atoms with Crippen molar-refractivity contribution >= 4 is 43.6 Å². The van der Waals surface area contributed by atoms with E-state index in [9.17, 15) is 14.0 Å². The molecule has 40 heavy (non-hydrogen) atoms. The van der Waals surface area contributed by atoms with Gasteiger partial charge in [0.1, 0.15) is 5.82 Å². The molecule has 1 fully saturated rings. The summed E-state index contributed by atoms with van der Waals surface area (Å²) in [7, 11) is 2.41. The summed E-state index contributed by atoms with van der Waals surface area (Å²) in [6.07, 6.45) is 5.20. The Hall–Kier alpha value is -4.02. The zero-order valence-corrected chi connectivity index (χ0v) is 23.0. The molecule has 210 valence electrons. The number of halogens is 1. The zero-order valence-electron chi connectivity index (χ0n) is 21.9. The van der Waals surface area contributed by atoms with Gasteiger partial charge in [-0.3, -0.25) is 14.8 Å². The Morgan fingerprint density at radius 1 is 1.23 bits per heavy atom. The fourth-order valence-electron chi connectivity index (χ4n) is 4.97. The van der Waals surface area contributed by atoms with Crippen molar-refractivity contribution in [2.24, 2.45) is 5.73 Å². The molecule has 2 aliphatic heterocycles. The molecule has 2 atom stereocenters. The van der Waals surface area contributed by atoms with Crippen LogP contribution in [-0.2, 0) is 0 Å². The van der Waals surface area contributed by atoms with Gasteiger partial charge in [-0.25, -0.2) is 9.18 Å². The highest BCUT2D eigenvalue weighted by molar-refractivity contribution is 7.27. The number of aromatic nitrogens is 2. The number of rotatable bonds is 7. The minimum Gasteiger partial charge on any atom is -0.450 e. The van der Waals surface area contributed by atoms with E-state index in [-0.39, 0.29) is 29.2 Å². The Labute approximate surface area is 233 Å². The summed E-state index contributed by atoms with van der Waals surface area (Å²) in [5.41, 5.74) is 5.82. The predicted octanol–water partition coefficient (Wildman–Crippen LogP) is 2.88. The molecule has 13 heteroatoms. The minimum absolute atomic E-state index is 0.00229. The number of carbonyl (C=O) groups excluding carboxylic acids is 1. The topological polar surface area (TPSA) is 150 Å². The molecule has 1 aromatic heterocycles. The van der Waals surface area contributed by atoms with Crippen molar-refractivity contribution in [3.05, 3.63) is 64.5 Å². The van der Waals surface area contributed by atoms with Crippen molar-refractivity contribution in [3.8, 4) is 11.5 Å². The number of nitrogens with zero attached hydrogens (tertiary/aromatic N) is 3. The van der Waals surface area contributed by atoms with Gasteiger partial charge in [-0.1, -0.05) is 6.07 Å². The first kappa shape index (κ1) is 27.5. The van der Waals surface area contributed by atoms with Crippen LogP contribution in [0.3, 0.4) is 0 Å². The predicted molar refractivity (Wildman–Crippen MR) is 156 cm³/mol. The van der Waals surface area contributed by atoms with E-state index < -0.39 is 11.7 Å². The third kappa shape index (κ3) is 6.40. The van der Waals surface area contributed by atoms with Crippen LogP contribution in [0.15, 0.2) is 47.4 Å². The van der Waals surface area contributed by atoms with Gasteiger partial charge in [0.2, 0.25) is 0 Å².